The molecule has 0 amide bonds. The van der Waals surface area contributed by atoms with Crippen LogP contribution in [0.25, 0.3) is 0 Å². The number of nitrogen functional groups attached to an aromatic ring is 1. The number of esters is 1. The van der Waals surface area contributed by atoms with E-state index >= 15 is 0 Å². The Balaban J connectivity index is 2.27. The first-order valence-corrected chi connectivity index (χ1v) is 7.51. The number of anilines is 2. The Kier molecular flexibility index (Phi) is 5.07. The fourth-order valence-electron chi connectivity index (χ4n) is 2.95. The van der Waals surface area contributed by atoms with Crippen LogP contribution in [-0.4, -0.2) is 50.7 Å². The minimum absolute atomic E-state index is 0.347. The summed E-state index contributed by atoms with van der Waals surface area (Å²) in [5.41, 5.74) is 8.17. The van der Waals surface area contributed by atoms with Crippen LogP contribution in [0.1, 0.15) is 30.1 Å². The third-order valence-corrected chi connectivity index (χ3v) is 3.84. The maximum absolute atomic E-state index is 12.0. The fraction of sp³-hybridized carbons (Fsp3) is 0.562. The number of nitrogens with two attached hydrogens (primary N) is 1. The molecule has 1 aliphatic heterocycles. The van der Waals surface area contributed by atoms with E-state index < -0.39 is 0 Å². The van der Waals surface area contributed by atoms with Gasteiger partial charge in [-0.1, -0.05) is 6.07 Å². The van der Waals surface area contributed by atoms with E-state index in [9.17, 15) is 4.79 Å². The number of hydrogen-bond acceptors (Lipinski definition) is 5. The van der Waals surface area contributed by atoms with Gasteiger partial charge in [0.05, 0.1) is 23.5 Å². The second-order valence-corrected chi connectivity index (χ2v) is 5.71. The van der Waals surface area contributed by atoms with E-state index in [1.54, 1.807) is 13.0 Å². The number of nitrogens with zero attached hydrogens (tertiary/aromatic N) is 2. The lowest BCUT2D eigenvalue weighted by Crippen LogP contribution is -2.38. The first kappa shape index (κ1) is 15.6. The van der Waals surface area contributed by atoms with Gasteiger partial charge in [-0.15, -0.1) is 0 Å². The molecule has 1 unspecified atom stereocenters. The molecular weight excluding hydrogens is 266 g/mol. The average Bonchev–Trinajstić information content (AvgIpc) is 2.86. The molecule has 1 heterocycles. The summed E-state index contributed by atoms with van der Waals surface area (Å²) in [4.78, 5) is 16.5. The first-order valence-electron chi connectivity index (χ1n) is 7.51. The van der Waals surface area contributed by atoms with Crippen molar-refractivity contribution < 1.29 is 9.53 Å². The van der Waals surface area contributed by atoms with Crippen LogP contribution in [-0.2, 0) is 4.74 Å². The molecule has 0 spiro atoms. The molecule has 0 aromatic heterocycles. The third kappa shape index (κ3) is 3.47. The van der Waals surface area contributed by atoms with Crippen LogP contribution in [0.15, 0.2) is 18.2 Å². The predicted molar refractivity (Wildman–Crippen MR) is 85.7 cm³/mol. The largest absolute Gasteiger partial charge is 0.462 e. The fourth-order valence-corrected chi connectivity index (χ4v) is 2.95. The molecule has 1 saturated heterocycles. The van der Waals surface area contributed by atoms with Crippen molar-refractivity contribution in [2.24, 2.45) is 0 Å². The second-order valence-electron chi connectivity index (χ2n) is 5.71. The van der Waals surface area contributed by atoms with Gasteiger partial charge in [-0.05, 0) is 46.0 Å². The molecule has 1 atom stereocenters. The Morgan fingerprint density at radius 3 is 2.90 bits per heavy atom. The van der Waals surface area contributed by atoms with Crippen molar-refractivity contribution in [1.82, 2.24) is 4.90 Å². The zero-order valence-electron chi connectivity index (χ0n) is 13.1. The molecule has 116 valence electrons. The topological polar surface area (TPSA) is 58.8 Å². The van der Waals surface area contributed by atoms with Gasteiger partial charge in [0.1, 0.15) is 0 Å². The Morgan fingerprint density at radius 2 is 2.24 bits per heavy atom. The van der Waals surface area contributed by atoms with Crippen molar-refractivity contribution in [3.8, 4) is 0 Å². The van der Waals surface area contributed by atoms with E-state index in [4.69, 9.17) is 10.5 Å². The smallest absolute Gasteiger partial charge is 0.340 e. The zero-order valence-corrected chi connectivity index (χ0v) is 13.1. The summed E-state index contributed by atoms with van der Waals surface area (Å²) in [7, 11) is 4.16. The number of para-hydroxylation sites is 1. The van der Waals surface area contributed by atoms with Gasteiger partial charge in [0, 0.05) is 19.1 Å². The minimum Gasteiger partial charge on any atom is -0.462 e. The van der Waals surface area contributed by atoms with Crippen LogP contribution in [0, 0.1) is 0 Å². The SMILES string of the molecule is CCOC(=O)c1cccc(N2CCCC2CN(C)C)c1N. The van der Waals surface area contributed by atoms with Crippen LogP contribution in [0.5, 0.6) is 0 Å². The number of benzene rings is 1. The van der Waals surface area contributed by atoms with Crippen LogP contribution in [0.3, 0.4) is 0 Å². The van der Waals surface area contributed by atoms with E-state index in [0.717, 1.165) is 31.6 Å². The molecular formula is C16H25N3O2. The summed E-state index contributed by atoms with van der Waals surface area (Å²) in [6.45, 7) is 4.12. The van der Waals surface area contributed by atoms with Gasteiger partial charge in [0.2, 0.25) is 0 Å². The summed E-state index contributed by atoms with van der Waals surface area (Å²) in [6.07, 6.45) is 2.31. The number of hydrogen-bond donors (Lipinski definition) is 1. The number of carbonyl (C=O) groups excluding carboxylic acids is 1. The van der Waals surface area contributed by atoms with Crippen molar-refractivity contribution in [3.05, 3.63) is 23.8 Å². The normalized spacial score (nSPS) is 18.3. The third-order valence-electron chi connectivity index (χ3n) is 3.84. The lowest BCUT2D eigenvalue weighted by molar-refractivity contribution is 0.0527. The van der Waals surface area contributed by atoms with Gasteiger partial charge in [0.25, 0.3) is 0 Å². The van der Waals surface area contributed by atoms with Gasteiger partial charge in [-0.25, -0.2) is 4.79 Å². The lowest BCUT2D eigenvalue weighted by atomic mass is 10.1. The standard InChI is InChI=1S/C16H25N3O2/c1-4-21-16(20)13-8-5-9-14(15(13)17)19-10-6-7-12(19)11-18(2)3/h5,8-9,12H,4,6-7,10-11,17H2,1-3H3. The van der Waals surface area contributed by atoms with Gasteiger partial charge in [0.15, 0.2) is 0 Å². The quantitative estimate of drug-likeness (QED) is 0.664. The number of carbonyl (C=O) groups is 1. The van der Waals surface area contributed by atoms with Crippen molar-refractivity contribution in [1.29, 1.82) is 0 Å². The highest BCUT2D eigenvalue weighted by molar-refractivity contribution is 5.98. The summed E-state index contributed by atoms with van der Waals surface area (Å²) in [5.74, 6) is -0.347. The van der Waals surface area contributed by atoms with Crippen LogP contribution < -0.4 is 10.6 Å². The number of rotatable bonds is 5. The summed E-state index contributed by atoms with van der Waals surface area (Å²) >= 11 is 0. The van der Waals surface area contributed by atoms with E-state index in [2.05, 4.69) is 23.9 Å². The number of likely N-dealkylation sites (N-methyl/N-ethyl adjacent to an activating group) is 1. The highest BCUT2D eigenvalue weighted by Crippen LogP contribution is 2.33. The molecule has 1 aliphatic rings. The molecule has 1 aromatic carbocycles. The highest BCUT2D eigenvalue weighted by Gasteiger charge is 2.27. The highest BCUT2D eigenvalue weighted by atomic mass is 16.5. The molecule has 2 rings (SSSR count). The molecule has 0 aliphatic carbocycles. The summed E-state index contributed by atoms with van der Waals surface area (Å²) in [5, 5.41) is 0. The second kappa shape index (κ2) is 6.80. The maximum Gasteiger partial charge on any atom is 0.340 e. The van der Waals surface area contributed by atoms with Gasteiger partial charge < -0.3 is 20.3 Å². The maximum atomic E-state index is 12.0. The Morgan fingerprint density at radius 1 is 1.48 bits per heavy atom. The molecule has 0 saturated carbocycles. The van der Waals surface area contributed by atoms with Gasteiger partial charge in [-0.3, -0.25) is 0 Å². The van der Waals surface area contributed by atoms with Gasteiger partial charge >= 0.3 is 5.97 Å². The lowest BCUT2D eigenvalue weighted by Gasteiger charge is -2.30. The molecule has 0 bridgehead atoms. The molecule has 1 aromatic rings. The first-order chi connectivity index (χ1) is 10.0. The molecule has 5 heteroatoms. The average molecular weight is 291 g/mol. The zero-order chi connectivity index (χ0) is 15.4. The van der Waals surface area contributed by atoms with E-state index in [-0.39, 0.29) is 5.97 Å². The van der Waals surface area contributed by atoms with Crippen molar-refractivity contribution in [3.63, 3.8) is 0 Å². The van der Waals surface area contributed by atoms with Crippen molar-refractivity contribution in [2.75, 3.05) is 44.4 Å². The molecule has 2 N–H and O–H groups in total. The van der Waals surface area contributed by atoms with E-state index in [0.29, 0.717) is 23.9 Å². The minimum atomic E-state index is -0.347. The predicted octanol–water partition coefficient (Wildman–Crippen LogP) is 1.98. The Labute approximate surface area is 126 Å². The van der Waals surface area contributed by atoms with Gasteiger partial charge in [-0.2, -0.15) is 0 Å². The Bertz CT molecular complexity index is 502. The van der Waals surface area contributed by atoms with Crippen LogP contribution >= 0.6 is 0 Å². The van der Waals surface area contributed by atoms with Crippen LogP contribution in [0.2, 0.25) is 0 Å². The van der Waals surface area contributed by atoms with Crippen LogP contribution in [0.4, 0.5) is 11.4 Å². The molecule has 5 nitrogen and oxygen atoms in total. The van der Waals surface area contributed by atoms with Crippen molar-refractivity contribution in [2.45, 2.75) is 25.8 Å². The monoisotopic (exact) mass is 291 g/mol. The van der Waals surface area contributed by atoms with Crippen molar-refractivity contribution >= 4 is 17.3 Å². The molecule has 21 heavy (non-hydrogen) atoms. The summed E-state index contributed by atoms with van der Waals surface area (Å²) in [6, 6.07) is 6.04. The molecule has 1 fully saturated rings. The summed E-state index contributed by atoms with van der Waals surface area (Å²) < 4.78 is 5.07. The Hall–Kier alpha value is -1.75. The molecule has 0 radical (unpaired) electrons. The van der Waals surface area contributed by atoms with E-state index in [1.165, 1.54) is 0 Å². The number of ether oxygens (including phenoxy) is 1. The van der Waals surface area contributed by atoms with E-state index in [1.807, 2.05) is 12.1 Å².